The van der Waals surface area contributed by atoms with E-state index in [1.165, 1.54) is 12.8 Å². The first-order valence-electron chi connectivity index (χ1n) is 7.30. The van der Waals surface area contributed by atoms with Crippen LogP contribution in [-0.2, 0) is 0 Å². The molecule has 1 N–H and O–H groups in total. The van der Waals surface area contributed by atoms with Crippen LogP contribution in [0, 0.1) is 5.41 Å². The van der Waals surface area contributed by atoms with E-state index in [2.05, 4.69) is 28.9 Å². The van der Waals surface area contributed by atoms with E-state index < -0.39 is 0 Å². The van der Waals surface area contributed by atoms with Crippen LogP contribution in [0.3, 0.4) is 0 Å². The van der Waals surface area contributed by atoms with Gasteiger partial charge in [-0.25, -0.2) is 0 Å². The van der Waals surface area contributed by atoms with E-state index in [1.807, 2.05) is 0 Å². The predicted molar refractivity (Wildman–Crippen MR) is 70.7 cm³/mol. The molecule has 1 saturated heterocycles. The molecule has 3 rings (SSSR count). The van der Waals surface area contributed by atoms with E-state index in [1.54, 1.807) is 0 Å². The van der Waals surface area contributed by atoms with Crippen molar-refractivity contribution in [3.8, 4) is 0 Å². The van der Waals surface area contributed by atoms with Gasteiger partial charge < -0.3 is 9.63 Å². The quantitative estimate of drug-likeness (QED) is 0.903. The summed E-state index contributed by atoms with van der Waals surface area (Å²) in [6, 6.07) is 0.145. The largest absolute Gasteiger partial charge is 0.396 e. The highest BCUT2D eigenvalue weighted by Crippen LogP contribution is 2.39. The van der Waals surface area contributed by atoms with Gasteiger partial charge in [-0.05, 0) is 39.2 Å². The van der Waals surface area contributed by atoms with Crippen LogP contribution in [0.5, 0.6) is 0 Å². The Morgan fingerprint density at radius 2 is 2.32 bits per heavy atom. The molecule has 5 heteroatoms. The van der Waals surface area contributed by atoms with Gasteiger partial charge >= 0.3 is 0 Å². The number of rotatable bonds is 4. The first kappa shape index (κ1) is 13.1. The van der Waals surface area contributed by atoms with Gasteiger partial charge in [-0.3, -0.25) is 4.90 Å². The smallest absolute Gasteiger partial charge is 0.243 e. The molecule has 5 nitrogen and oxygen atoms in total. The fraction of sp³-hybridized carbons (Fsp3) is 0.857. The number of nitrogens with zero attached hydrogens (tertiary/aromatic N) is 3. The van der Waals surface area contributed by atoms with E-state index in [0.717, 1.165) is 37.6 Å². The number of hydrogen-bond donors (Lipinski definition) is 1. The van der Waals surface area contributed by atoms with Crippen LogP contribution in [-0.4, -0.2) is 39.8 Å². The molecule has 0 radical (unpaired) electrons. The Kier molecular flexibility index (Phi) is 3.35. The molecule has 2 heterocycles. The second-order valence-electron chi connectivity index (χ2n) is 6.48. The maximum atomic E-state index is 9.53. The number of piperidine rings is 1. The van der Waals surface area contributed by atoms with Crippen molar-refractivity contribution in [1.82, 2.24) is 15.0 Å². The van der Waals surface area contributed by atoms with Gasteiger partial charge in [-0.15, -0.1) is 0 Å². The van der Waals surface area contributed by atoms with Gasteiger partial charge in [0.1, 0.15) is 0 Å². The third kappa shape index (κ3) is 2.67. The lowest BCUT2D eigenvalue weighted by Crippen LogP contribution is -2.44. The zero-order valence-corrected chi connectivity index (χ0v) is 11.8. The van der Waals surface area contributed by atoms with E-state index >= 15 is 0 Å². The van der Waals surface area contributed by atoms with E-state index in [-0.39, 0.29) is 18.1 Å². The highest BCUT2D eigenvalue weighted by molar-refractivity contribution is 5.05. The molecule has 1 aromatic rings. The normalized spacial score (nSPS) is 30.5. The molecule has 1 aliphatic heterocycles. The summed E-state index contributed by atoms with van der Waals surface area (Å²) in [6.07, 6.45) is 4.59. The molecule has 0 spiro atoms. The molecule has 2 aliphatic rings. The van der Waals surface area contributed by atoms with Gasteiger partial charge in [-0.1, -0.05) is 12.1 Å². The van der Waals surface area contributed by atoms with Crippen molar-refractivity contribution >= 4 is 0 Å². The summed E-state index contributed by atoms with van der Waals surface area (Å²) in [7, 11) is 0. The summed E-state index contributed by atoms with van der Waals surface area (Å²) in [5.74, 6) is 2.14. The molecule has 2 fully saturated rings. The molecule has 2 unspecified atom stereocenters. The molecule has 0 amide bonds. The molecule has 0 bridgehead atoms. The third-order valence-corrected chi connectivity index (χ3v) is 4.50. The Bertz CT molecular complexity index is 444. The van der Waals surface area contributed by atoms with Gasteiger partial charge in [0.05, 0.1) is 6.04 Å². The van der Waals surface area contributed by atoms with Crippen LogP contribution in [0.4, 0.5) is 0 Å². The summed E-state index contributed by atoms with van der Waals surface area (Å²) in [5, 5.41) is 13.6. The second-order valence-corrected chi connectivity index (χ2v) is 6.48. The fourth-order valence-electron chi connectivity index (χ4n) is 2.90. The number of aliphatic hydroxyl groups is 1. The van der Waals surface area contributed by atoms with E-state index in [4.69, 9.17) is 4.52 Å². The van der Waals surface area contributed by atoms with Crippen LogP contribution >= 0.6 is 0 Å². The van der Waals surface area contributed by atoms with Crippen molar-refractivity contribution in [3.05, 3.63) is 11.7 Å². The molecule has 1 saturated carbocycles. The summed E-state index contributed by atoms with van der Waals surface area (Å²) in [5.41, 5.74) is 0.00581. The topological polar surface area (TPSA) is 62.4 Å². The minimum atomic E-state index is 0.00581. The molecular weight excluding hydrogens is 242 g/mol. The second kappa shape index (κ2) is 4.87. The minimum absolute atomic E-state index is 0.00581. The Labute approximate surface area is 114 Å². The SMILES string of the molecule is CC(c1nc(C2CC2)no1)N1CCCC(C)(CO)C1. The molecule has 0 aromatic carbocycles. The zero-order valence-electron chi connectivity index (χ0n) is 11.8. The lowest BCUT2D eigenvalue weighted by molar-refractivity contribution is 0.0211. The summed E-state index contributed by atoms with van der Waals surface area (Å²) in [4.78, 5) is 6.89. The fourth-order valence-corrected chi connectivity index (χ4v) is 2.90. The molecule has 106 valence electrons. The maximum Gasteiger partial charge on any atom is 0.243 e. The Balaban J connectivity index is 1.69. The maximum absolute atomic E-state index is 9.53. The third-order valence-electron chi connectivity index (χ3n) is 4.50. The lowest BCUT2D eigenvalue weighted by atomic mass is 9.82. The summed E-state index contributed by atoms with van der Waals surface area (Å²) < 4.78 is 5.42. The molecule has 1 aliphatic carbocycles. The van der Waals surface area contributed by atoms with Crippen molar-refractivity contribution < 1.29 is 9.63 Å². The monoisotopic (exact) mass is 265 g/mol. The number of aromatic nitrogens is 2. The van der Waals surface area contributed by atoms with Crippen LogP contribution < -0.4 is 0 Å². The Hall–Kier alpha value is -0.940. The Morgan fingerprint density at radius 3 is 3.00 bits per heavy atom. The molecular formula is C14H23N3O2. The standard InChI is InChI=1S/C14H23N3O2/c1-10(13-15-12(16-19-13)11-4-5-11)17-7-3-6-14(2,8-17)9-18/h10-11,18H,3-9H2,1-2H3. The summed E-state index contributed by atoms with van der Waals surface area (Å²) in [6.45, 7) is 6.44. The van der Waals surface area contributed by atoms with Crippen molar-refractivity contribution in [3.63, 3.8) is 0 Å². The summed E-state index contributed by atoms with van der Waals surface area (Å²) >= 11 is 0. The van der Waals surface area contributed by atoms with Gasteiger partial charge in [0, 0.05) is 24.5 Å². The van der Waals surface area contributed by atoms with Gasteiger partial charge in [0.25, 0.3) is 0 Å². The molecule has 19 heavy (non-hydrogen) atoms. The Morgan fingerprint density at radius 1 is 1.53 bits per heavy atom. The number of aliphatic hydroxyl groups excluding tert-OH is 1. The average molecular weight is 265 g/mol. The van der Waals surface area contributed by atoms with Crippen molar-refractivity contribution in [2.75, 3.05) is 19.7 Å². The van der Waals surface area contributed by atoms with Crippen LogP contribution in [0.15, 0.2) is 4.52 Å². The highest BCUT2D eigenvalue weighted by Gasteiger charge is 2.35. The van der Waals surface area contributed by atoms with Crippen LogP contribution in [0.1, 0.15) is 63.2 Å². The predicted octanol–water partition coefficient (Wildman–Crippen LogP) is 2.10. The molecule has 2 atom stereocenters. The minimum Gasteiger partial charge on any atom is -0.396 e. The number of hydrogen-bond acceptors (Lipinski definition) is 5. The van der Waals surface area contributed by atoms with Gasteiger partial charge in [0.2, 0.25) is 5.89 Å². The first-order chi connectivity index (χ1) is 9.11. The van der Waals surface area contributed by atoms with Gasteiger partial charge in [-0.2, -0.15) is 4.98 Å². The van der Waals surface area contributed by atoms with Crippen LogP contribution in [0.25, 0.3) is 0 Å². The zero-order chi connectivity index (χ0) is 13.5. The first-order valence-corrected chi connectivity index (χ1v) is 7.30. The average Bonchev–Trinajstić information content (AvgIpc) is 3.16. The van der Waals surface area contributed by atoms with Crippen molar-refractivity contribution in [2.45, 2.75) is 51.5 Å². The molecule has 1 aromatic heterocycles. The highest BCUT2D eigenvalue weighted by atomic mass is 16.5. The number of likely N-dealkylation sites (tertiary alicyclic amines) is 1. The van der Waals surface area contributed by atoms with Crippen molar-refractivity contribution in [1.29, 1.82) is 0 Å². The van der Waals surface area contributed by atoms with E-state index in [9.17, 15) is 5.11 Å². The van der Waals surface area contributed by atoms with Crippen molar-refractivity contribution in [2.24, 2.45) is 5.41 Å². The lowest BCUT2D eigenvalue weighted by Gasteiger charge is -2.41. The van der Waals surface area contributed by atoms with Crippen LogP contribution in [0.2, 0.25) is 0 Å². The van der Waals surface area contributed by atoms with E-state index in [0.29, 0.717) is 5.92 Å². The van der Waals surface area contributed by atoms with Gasteiger partial charge in [0.15, 0.2) is 5.82 Å².